The average molecular weight is 323 g/mol. The van der Waals surface area contributed by atoms with Crippen molar-refractivity contribution in [2.75, 3.05) is 17.7 Å². The fourth-order valence-corrected chi connectivity index (χ4v) is 2.29. The third-order valence-corrected chi connectivity index (χ3v) is 3.85. The summed E-state index contributed by atoms with van der Waals surface area (Å²) >= 11 is 1.19. The highest BCUT2D eigenvalue weighted by molar-refractivity contribution is 7.99. The average Bonchev–Trinajstić information content (AvgIpc) is 3.31. The van der Waals surface area contributed by atoms with Gasteiger partial charge in [0.2, 0.25) is 5.91 Å². The normalized spacial score (nSPS) is 13.5. The Morgan fingerprint density at radius 3 is 2.68 bits per heavy atom. The van der Waals surface area contributed by atoms with E-state index < -0.39 is 5.97 Å². The van der Waals surface area contributed by atoms with Crippen LogP contribution in [0.25, 0.3) is 0 Å². The molecule has 0 spiro atoms. The second-order valence-corrected chi connectivity index (χ2v) is 5.83. The zero-order chi connectivity index (χ0) is 15.9. The monoisotopic (exact) mass is 323 g/mol. The Hall–Kier alpha value is -1.96. The third-order valence-electron chi connectivity index (χ3n) is 2.87. The van der Waals surface area contributed by atoms with Crippen LogP contribution in [0.5, 0.6) is 0 Å². The van der Waals surface area contributed by atoms with Gasteiger partial charge in [-0.1, -0.05) is 11.8 Å². The van der Waals surface area contributed by atoms with Gasteiger partial charge in [-0.15, -0.1) is 10.2 Å². The molecule has 0 saturated heterocycles. The molecule has 1 aliphatic carbocycles. The maximum Gasteiger partial charge on any atom is 0.313 e. The molecule has 0 atom stereocenters. The van der Waals surface area contributed by atoms with E-state index in [9.17, 15) is 14.4 Å². The summed E-state index contributed by atoms with van der Waals surface area (Å²) in [4.78, 5) is 34.3. The van der Waals surface area contributed by atoms with Gasteiger partial charge in [-0.3, -0.25) is 14.4 Å². The highest BCUT2D eigenvalue weighted by Crippen LogP contribution is 2.29. The maximum atomic E-state index is 11.6. The van der Waals surface area contributed by atoms with Crippen molar-refractivity contribution in [1.29, 1.82) is 0 Å². The molecule has 1 saturated carbocycles. The van der Waals surface area contributed by atoms with Gasteiger partial charge in [-0.05, 0) is 31.9 Å². The number of rotatable bonds is 8. The van der Waals surface area contributed by atoms with E-state index >= 15 is 0 Å². The van der Waals surface area contributed by atoms with Crippen molar-refractivity contribution in [3.8, 4) is 0 Å². The summed E-state index contributed by atoms with van der Waals surface area (Å²) in [5.74, 6) is -0.134. The minimum atomic E-state index is -0.516. The number of esters is 1. The molecule has 7 nitrogen and oxygen atoms in total. The number of amides is 1. The van der Waals surface area contributed by atoms with Gasteiger partial charge >= 0.3 is 5.97 Å². The molecule has 1 aromatic rings. The highest BCUT2D eigenvalue weighted by Gasteiger charge is 2.29. The number of ether oxygens (including phenoxy) is 1. The van der Waals surface area contributed by atoms with Crippen molar-refractivity contribution in [3.05, 3.63) is 12.1 Å². The fraction of sp³-hybridized carbons (Fsp3) is 0.500. The topological polar surface area (TPSA) is 98.2 Å². The minimum Gasteiger partial charge on any atom is -0.466 e. The van der Waals surface area contributed by atoms with Crippen molar-refractivity contribution >= 4 is 35.2 Å². The van der Waals surface area contributed by atoms with Gasteiger partial charge in [0.25, 0.3) is 0 Å². The van der Waals surface area contributed by atoms with Gasteiger partial charge in [0.1, 0.15) is 11.4 Å². The molecular formula is C14H17N3O4S. The van der Waals surface area contributed by atoms with Crippen LogP contribution in [-0.4, -0.2) is 40.2 Å². The molecule has 0 aliphatic heterocycles. The predicted octanol–water partition coefficient (Wildman–Crippen LogP) is 1.44. The van der Waals surface area contributed by atoms with Gasteiger partial charge in [0.05, 0.1) is 12.4 Å². The summed E-state index contributed by atoms with van der Waals surface area (Å²) in [7, 11) is 0. The number of thioether (sulfide) groups is 1. The lowest BCUT2D eigenvalue weighted by Crippen LogP contribution is -2.15. The van der Waals surface area contributed by atoms with Gasteiger partial charge in [-0.25, -0.2) is 0 Å². The minimum absolute atomic E-state index is 0.0284. The van der Waals surface area contributed by atoms with Crippen LogP contribution in [0.15, 0.2) is 17.2 Å². The molecule has 8 heteroatoms. The summed E-state index contributed by atoms with van der Waals surface area (Å²) in [6.07, 6.45) is 1.62. The summed E-state index contributed by atoms with van der Waals surface area (Å²) in [5.41, 5.74) is 0. The van der Waals surface area contributed by atoms with Crippen LogP contribution in [0.1, 0.15) is 26.2 Å². The number of hydrogen-bond donors (Lipinski definition) is 1. The molecule has 1 aliphatic rings. The quantitative estimate of drug-likeness (QED) is 0.439. The van der Waals surface area contributed by atoms with E-state index in [1.54, 1.807) is 19.1 Å². The van der Waals surface area contributed by atoms with Crippen LogP contribution >= 0.6 is 11.8 Å². The standard InChI is InChI=1S/C14H17N3O4S/c1-2-21-13(19)7-10(18)8-22-12-6-5-11(16-17-12)15-14(20)9-3-4-9/h5-6,9H,2-4,7-8H2,1H3,(H,15,16,20). The van der Waals surface area contributed by atoms with Crippen molar-refractivity contribution in [1.82, 2.24) is 10.2 Å². The summed E-state index contributed by atoms with van der Waals surface area (Å²) in [6, 6.07) is 3.32. The Balaban J connectivity index is 1.74. The molecule has 0 unspecified atom stereocenters. The second-order valence-electron chi connectivity index (χ2n) is 4.83. The Labute approximate surface area is 132 Å². The van der Waals surface area contributed by atoms with E-state index in [-0.39, 0.29) is 36.4 Å². The number of ketones is 1. The van der Waals surface area contributed by atoms with Crippen LogP contribution < -0.4 is 5.32 Å². The van der Waals surface area contributed by atoms with E-state index in [1.165, 1.54) is 11.8 Å². The number of Topliss-reactive ketones (excluding diaryl/α,β-unsaturated/α-hetero) is 1. The fourth-order valence-electron chi connectivity index (χ4n) is 1.62. The number of carbonyl (C=O) groups is 3. The zero-order valence-corrected chi connectivity index (χ0v) is 13.0. The SMILES string of the molecule is CCOC(=O)CC(=O)CSc1ccc(NC(=O)C2CC2)nn1. The van der Waals surface area contributed by atoms with Crippen molar-refractivity contribution in [2.45, 2.75) is 31.2 Å². The molecule has 2 rings (SSSR count). The largest absolute Gasteiger partial charge is 0.466 e. The van der Waals surface area contributed by atoms with Crippen LogP contribution in [0.3, 0.4) is 0 Å². The predicted molar refractivity (Wildman–Crippen MR) is 80.4 cm³/mol. The van der Waals surface area contributed by atoms with Crippen molar-refractivity contribution < 1.29 is 19.1 Å². The van der Waals surface area contributed by atoms with Crippen molar-refractivity contribution in [2.24, 2.45) is 5.92 Å². The van der Waals surface area contributed by atoms with Gasteiger partial charge in [0, 0.05) is 5.92 Å². The lowest BCUT2D eigenvalue weighted by Gasteiger charge is -2.04. The molecule has 0 aromatic carbocycles. The summed E-state index contributed by atoms with van der Waals surface area (Å²) in [5, 5.41) is 11.1. The number of nitrogens with one attached hydrogen (secondary N) is 1. The first-order valence-electron chi connectivity index (χ1n) is 7.03. The molecule has 1 amide bonds. The van der Waals surface area contributed by atoms with E-state index in [2.05, 4.69) is 15.5 Å². The molecule has 0 radical (unpaired) electrons. The number of hydrogen-bond acceptors (Lipinski definition) is 7. The van der Waals surface area contributed by atoms with Gasteiger partial charge in [-0.2, -0.15) is 0 Å². The molecule has 1 heterocycles. The Kier molecular flexibility index (Phi) is 5.88. The van der Waals surface area contributed by atoms with Crippen LogP contribution in [0.2, 0.25) is 0 Å². The molecule has 0 bridgehead atoms. The van der Waals surface area contributed by atoms with E-state index in [1.807, 2.05) is 0 Å². The molecule has 118 valence electrons. The molecular weight excluding hydrogens is 306 g/mol. The number of carbonyl (C=O) groups excluding carboxylic acids is 3. The lowest BCUT2D eigenvalue weighted by atomic mass is 10.3. The van der Waals surface area contributed by atoms with E-state index in [4.69, 9.17) is 4.74 Å². The first-order valence-corrected chi connectivity index (χ1v) is 8.01. The van der Waals surface area contributed by atoms with Crippen molar-refractivity contribution in [3.63, 3.8) is 0 Å². The molecule has 22 heavy (non-hydrogen) atoms. The maximum absolute atomic E-state index is 11.6. The molecule has 1 fully saturated rings. The third kappa shape index (κ3) is 5.44. The molecule has 1 aromatic heterocycles. The lowest BCUT2D eigenvalue weighted by molar-refractivity contribution is -0.145. The summed E-state index contributed by atoms with van der Waals surface area (Å²) < 4.78 is 4.70. The Morgan fingerprint density at radius 1 is 1.32 bits per heavy atom. The number of aromatic nitrogens is 2. The summed E-state index contributed by atoms with van der Waals surface area (Å²) in [6.45, 7) is 1.95. The second kappa shape index (κ2) is 7.88. The van der Waals surface area contributed by atoms with E-state index in [0.29, 0.717) is 10.8 Å². The van der Waals surface area contributed by atoms with Crippen LogP contribution in [-0.2, 0) is 19.1 Å². The first kappa shape index (κ1) is 16.4. The highest BCUT2D eigenvalue weighted by atomic mass is 32.2. The smallest absolute Gasteiger partial charge is 0.313 e. The molecule has 1 N–H and O–H groups in total. The Morgan fingerprint density at radius 2 is 2.09 bits per heavy atom. The van der Waals surface area contributed by atoms with E-state index in [0.717, 1.165) is 12.8 Å². The van der Waals surface area contributed by atoms with Crippen LogP contribution in [0.4, 0.5) is 5.82 Å². The number of anilines is 1. The van der Waals surface area contributed by atoms with Gasteiger partial charge < -0.3 is 10.1 Å². The Bertz CT molecular complexity index is 558. The zero-order valence-electron chi connectivity index (χ0n) is 12.2. The van der Waals surface area contributed by atoms with Gasteiger partial charge in [0.15, 0.2) is 11.6 Å². The first-order chi connectivity index (χ1) is 10.6. The van der Waals surface area contributed by atoms with Crippen LogP contribution in [0, 0.1) is 5.92 Å². The number of nitrogens with zero attached hydrogens (tertiary/aromatic N) is 2.